The molecule has 0 aromatic heterocycles. The van der Waals surface area contributed by atoms with Gasteiger partial charge in [0, 0.05) is 5.92 Å². The molecule has 1 aliphatic rings. The van der Waals surface area contributed by atoms with E-state index in [2.05, 4.69) is 5.32 Å². The lowest BCUT2D eigenvalue weighted by molar-refractivity contribution is -0.133. The maximum absolute atomic E-state index is 11.5. The van der Waals surface area contributed by atoms with E-state index in [1.54, 1.807) is 0 Å². The summed E-state index contributed by atoms with van der Waals surface area (Å²) in [5.74, 6) is 0.118. The molecular formula is C10H19NO2. The van der Waals surface area contributed by atoms with Gasteiger partial charge in [0.05, 0.1) is 0 Å². The molecule has 1 aliphatic heterocycles. The third-order valence-electron chi connectivity index (χ3n) is 2.69. The van der Waals surface area contributed by atoms with Crippen LogP contribution in [0, 0.1) is 11.8 Å². The summed E-state index contributed by atoms with van der Waals surface area (Å²) in [6.07, 6.45) is 1.10. The van der Waals surface area contributed by atoms with Crippen LogP contribution in [0.4, 0.5) is 0 Å². The van der Waals surface area contributed by atoms with E-state index >= 15 is 0 Å². The third-order valence-corrected chi connectivity index (χ3v) is 2.69. The van der Waals surface area contributed by atoms with Crippen LogP contribution in [0.25, 0.3) is 0 Å². The molecule has 1 saturated heterocycles. The number of carbonyl (C=O) groups excluding carboxylic acids is 1. The topological polar surface area (TPSA) is 49.3 Å². The molecule has 0 aromatic carbocycles. The highest BCUT2D eigenvalue weighted by molar-refractivity contribution is 5.84. The predicted molar refractivity (Wildman–Crippen MR) is 51.4 cm³/mol. The third kappa shape index (κ3) is 2.78. The number of nitrogens with one attached hydrogen (secondary N) is 1. The van der Waals surface area contributed by atoms with Crippen molar-refractivity contribution in [2.75, 3.05) is 13.1 Å². The highest BCUT2D eigenvalue weighted by Gasteiger charge is 2.28. The minimum Gasteiger partial charge on any atom is -0.385 e. The second-order valence-electron chi connectivity index (χ2n) is 4.09. The number of carbonyl (C=O) groups is 1. The van der Waals surface area contributed by atoms with Gasteiger partial charge in [0.15, 0.2) is 5.78 Å². The maximum Gasteiger partial charge on any atom is 0.164 e. The quantitative estimate of drug-likeness (QED) is 0.676. The highest BCUT2D eigenvalue weighted by Crippen LogP contribution is 2.18. The Hall–Kier alpha value is -0.410. The first-order valence-corrected chi connectivity index (χ1v) is 5.05. The number of Topliss-reactive ketones (excluding diaryl/α,β-unsaturated/α-hetero) is 1. The molecule has 0 bridgehead atoms. The lowest BCUT2D eigenvalue weighted by Crippen LogP contribution is -2.39. The Morgan fingerprint density at radius 1 is 1.38 bits per heavy atom. The molecule has 3 heteroatoms. The van der Waals surface area contributed by atoms with E-state index in [9.17, 15) is 9.90 Å². The molecule has 1 atom stereocenters. The van der Waals surface area contributed by atoms with E-state index in [1.165, 1.54) is 0 Å². The van der Waals surface area contributed by atoms with Crippen LogP contribution in [-0.4, -0.2) is 30.1 Å². The van der Waals surface area contributed by atoms with Crippen LogP contribution in [0.1, 0.15) is 26.7 Å². The van der Waals surface area contributed by atoms with Gasteiger partial charge in [0.1, 0.15) is 6.10 Å². The summed E-state index contributed by atoms with van der Waals surface area (Å²) in [6.45, 7) is 5.53. The normalized spacial score (nSPS) is 21.8. The molecular weight excluding hydrogens is 166 g/mol. The van der Waals surface area contributed by atoms with Crippen molar-refractivity contribution in [1.29, 1.82) is 0 Å². The molecule has 2 N–H and O–H groups in total. The van der Waals surface area contributed by atoms with Crippen molar-refractivity contribution >= 4 is 5.78 Å². The van der Waals surface area contributed by atoms with Crippen molar-refractivity contribution < 1.29 is 9.90 Å². The molecule has 0 spiro atoms. The molecule has 0 aromatic rings. The first-order chi connectivity index (χ1) is 6.13. The van der Waals surface area contributed by atoms with E-state index in [4.69, 9.17) is 0 Å². The molecule has 0 aliphatic carbocycles. The SMILES string of the molecule is CC(C)C(=O)C(O)C1CCNCC1. The number of hydrogen-bond donors (Lipinski definition) is 2. The zero-order valence-corrected chi connectivity index (χ0v) is 8.42. The van der Waals surface area contributed by atoms with Gasteiger partial charge in [0.2, 0.25) is 0 Å². The van der Waals surface area contributed by atoms with Crippen LogP contribution in [-0.2, 0) is 4.79 Å². The van der Waals surface area contributed by atoms with Gasteiger partial charge < -0.3 is 10.4 Å². The molecule has 1 rings (SSSR count). The summed E-state index contributed by atoms with van der Waals surface area (Å²) in [4.78, 5) is 11.5. The number of rotatable bonds is 3. The predicted octanol–water partition coefficient (Wildman–Crippen LogP) is 0.572. The Labute approximate surface area is 79.5 Å². The van der Waals surface area contributed by atoms with Crippen LogP contribution in [0.2, 0.25) is 0 Å². The fraction of sp³-hybridized carbons (Fsp3) is 0.900. The van der Waals surface area contributed by atoms with E-state index < -0.39 is 6.10 Å². The van der Waals surface area contributed by atoms with Crippen molar-refractivity contribution in [3.63, 3.8) is 0 Å². The largest absolute Gasteiger partial charge is 0.385 e. The van der Waals surface area contributed by atoms with Crippen molar-refractivity contribution in [3.8, 4) is 0 Å². The van der Waals surface area contributed by atoms with Crippen molar-refractivity contribution in [1.82, 2.24) is 5.32 Å². The summed E-state index contributed by atoms with van der Waals surface area (Å²) in [7, 11) is 0. The maximum atomic E-state index is 11.5. The Morgan fingerprint density at radius 3 is 2.38 bits per heavy atom. The van der Waals surface area contributed by atoms with Gasteiger partial charge in [-0.2, -0.15) is 0 Å². The lowest BCUT2D eigenvalue weighted by atomic mass is 9.87. The average Bonchev–Trinajstić information content (AvgIpc) is 2.17. The fourth-order valence-electron chi connectivity index (χ4n) is 1.73. The number of piperidine rings is 1. The van der Waals surface area contributed by atoms with Crippen molar-refractivity contribution in [2.24, 2.45) is 11.8 Å². The highest BCUT2D eigenvalue weighted by atomic mass is 16.3. The molecule has 13 heavy (non-hydrogen) atoms. The number of aliphatic hydroxyl groups is 1. The zero-order chi connectivity index (χ0) is 9.84. The van der Waals surface area contributed by atoms with Gasteiger partial charge in [0.25, 0.3) is 0 Å². The molecule has 1 fully saturated rings. The Kier molecular flexibility index (Phi) is 3.88. The molecule has 0 amide bonds. The fourth-order valence-corrected chi connectivity index (χ4v) is 1.73. The van der Waals surface area contributed by atoms with Crippen LogP contribution in [0.15, 0.2) is 0 Å². The Bertz CT molecular complexity index is 174. The molecule has 1 heterocycles. The second kappa shape index (κ2) is 4.72. The first kappa shape index (κ1) is 10.7. The molecule has 0 saturated carbocycles. The summed E-state index contributed by atoms with van der Waals surface area (Å²) < 4.78 is 0. The molecule has 3 nitrogen and oxygen atoms in total. The molecule has 76 valence electrons. The van der Waals surface area contributed by atoms with Gasteiger partial charge in [-0.05, 0) is 31.8 Å². The second-order valence-corrected chi connectivity index (χ2v) is 4.09. The van der Waals surface area contributed by atoms with Gasteiger partial charge in [-0.3, -0.25) is 4.79 Å². The summed E-state index contributed by atoms with van der Waals surface area (Å²) >= 11 is 0. The van der Waals surface area contributed by atoms with Crippen LogP contribution < -0.4 is 5.32 Å². The first-order valence-electron chi connectivity index (χ1n) is 5.05. The van der Waals surface area contributed by atoms with Gasteiger partial charge in [-0.25, -0.2) is 0 Å². The number of hydrogen-bond acceptors (Lipinski definition) is 3. The smallest absolute Gasteiger partial charge is 0.164 e. The summed E-state index contributed by atoms with van der Waals surface area (Å²) in [6, 6.07) is 0. The van der Waals surface area contributed by atoms with Crippen LogP contribution >= 0.6 is 0 Å². The monoisotopic (exact) mass is 185 g/mol. The van der Waals surface area contributed by atoms with Crippen LogP contribution in [0.5, 0.6) is 0 Å². The Morgan fingerprint density at radius 2 is 1.92 bits per heavy atom. The molecule has 1 unspecified atom stereocenters. The van der Waals surface area contributed by atoms with Crippen LogP contribution in [0.3, 0.4) is 0 Å². The Balaban J connectivity index is 2.45. The lowest BCUT2D eigenvalue weighted by Gasteiger charge is -2.27. The van der Waals surface area contributed by atoms with Gasteiger partial charge in [-0.15, -0.1) is 0 Å². The van der Waals surface area contributed by atoms with Gasteiger partial charge in [-0.1, -0.05) is 13.8 Å². The number of aliphatic hydroxyl groups excluding tert-OH is 1. The number of ketones is 1. The summed E-state index contributed by atoms with van der Waals surface area (Å²) in [5, 5.41) is 13.0. The van der Waals surface area contributed by atoms with Crippen molar-refractivity contribution in [2.45, 2.75) is 32.8 Å². The van der Waals surface area contributed by atoms with E-state index in [-0.39, 0.29) is 17.6 Å². The molecule has 0 radical (unpaired) electrons. The van der Waals surface area contributed by atoms with Gasteiger partial charge >= 0.3 is 0 Å². The summed E-state index contributed by atoms with van der Waals surface area (Å²) in [5.41, 5.74) is 0. The average molecular weight is 185 g/mol. The minimum absolute atomic E-state index is 0.00750. The van der Waals surface area contributed by atoms with Crippen molar-refractivity contribution in [3.05, 3.63) is 0 Å². The minimum atomic E-state index is -0.734. The standard InChI is InChI=1S/C10H19NO2/c1-7(2)9(12)10(13)8-3-5-11-6-4-8/h7-8,10-11,13H,3-6H2,1-2H3. The van der Waals surface area contributed by atoms with E-state index in [1.807, 2.05) is 13.8 Å². The zero-order valence-electron chi connectivity index (χ0n) is 8.42. The van der Waals surface area contributed by atoms with E-state index in [0.29, 0.717) is 0 Å². The van der Waals surface area contributed by atoms with E-state index in [0.717, 1.165) is 25.9 Å².